The van der Waals surface area contributed by atoms with Crippen LogP contribution in [0.1, 0.15) is 16.1 Å². The van der Waals surface area contributed by atoms with E-state index in [-0.39, 0.29) is 5.91 Å². The first-order chi connectivity index (χ1) is 11.1. The molecule has 1 amide bonds. The molecule has 0 spiro atoms. The number of halogens is 1. The summed E-state index contributed by atoms with van der Waals surface area (Å²) in [7, 11) is 0. The Bertz CT molecular complexity index is 882. The molecular weight excluding hydrogens is 356 g/mol. The number of aliphatic hydroxyl groups is 1. The Kier molecular flexibility index (Phi) is 3.28. The molecule has 1 aliphatic rings. The first-order valence-electron chi connectivity index (χ1n) is 7.41. The topological polar surface area (TPSA) is 56.3 Å². The second-order valence-electron chi connectivity index (χ2n) is 5.94. The Balaban J connectivity index is 1.56. The molecule has 0 atom stereocenters. The Morgan fingerprint density at radius 2 is 1.87 bits per heavy atom. The third kappa shape index (κ3) is 2.36. The number of aromatic amines is 1. The molecule has 1 aromatic heterocycles. The number of likely N-dealkylation sites (tertiary alicyclic amines) is 1. The van der Waals surface area contributed by atoms with Gasteiger partial charge in [-0.3, -0.25) is 4.79 Å². The molecule has 1 aliphatic heterocycles. The normalized spacial score (nSPS) is 16.3. The van der Waals surface area contributed by atoms with Gasteiger partial charge in [-0.05, 0) is 23.8 Å². The highest BCUT2D eigenvalue weighted by Gasteiger charge is 2.45. The number of H-pyrrole nitrogens is 1. The van der Waals surface area contributed by atoms with Gasteiger partial charge in [-0.25, -0.2) is 0 Å². The van der Waals surface area contributed by atoms with Gasteiger partial charge in [-0.15, -0.1) is 0 Å². The van der Waals surface area contributed by atoms with Crippen LogP contribution in [0.5, 0.6) is 0 Å². The van der Waals surface area contributed by atoms with Crippen LogP contribution in [-0.4, -0.2) is 34.0 Å². The van der Waals surface area contributed by atoms with Crippen molar-refractivity contribution >= 4 is 32.7 Å². The maximum atomic E-state index is 12.6. The molecule has 0 aliphatic carbocycles. The van der Waals surface area contributed by atoms with E-state index in [9.17, 15) is 9.90 Å². The molecule has 23 heavy (non-hydrogen) atoms. The van der Waals surface area contributed by atoms with Crippen LogP contribution >= 0.6 is 15.9 Å². The summed E-state index contributed by atoms with van der Waals surface area (Å²) in [6, 6.07) is 17.1. The predicted octanol–water partition coefficient (Wildman–Crippen LogP) is 3.27. The van der Waals surface area contributed by atoms with E-state index in [0.717, 1.165) is 20.9 Å². The second-order valence-corrected chi connectivity index (χ2v) is 6.80. The van der Waals surface area contributed by atoms with Gasteiger partial charge in [0.25, 0.3) is 5.91 Å². The standard InChI is InChI=1S/C18H15BrN2O2/c19-14-7-4-8-15-13(14)9-16(20-15)17(22)21-10-18(23,11-21)12-5-2-1-3-6-12/h1-9,20,23H,10-11H2. The molecule has 2 heterocycles. The van der Waals surface area contributed by atoms with E-state index in [1.807, 2.05) is 54.6 Å². The molecule has 0 unspecified atom stereocenters. The molecule has 2 N–H and O–H groups in total. The van der Waals surface area contributed by atoms with Crippen molar-refractivity contribution in [2.24, 2.45) is 0 Å². The summed E-state index contributed by atoms with van der Waals surface area (Å²) in [6.07, 6.45) is 0. The number of nitrogens with one attached hydrogen (secondary N) is 1. The van der Waals surface area contributed by atoms with Gasteiger partial charge < -0.3 is 15.0 Å². The van der Waals surface area contributed by atoms with Crippen molar-refractivity contribution in [2.45, 2.75) is 5.60 Å². The summed E-state index contributed by atoms with van der Waals surface area (Å²) in [4.78, 5) is 17.4. The highest BCUT2D eigenvalue weighted by molar-refractivity contribution is 9.10. The third-order valence-corrected chi connectivity index (χ3v) is 5.04. The molecule has 3 aromatic rings. The lowest BCUT2D eigenvalue weighted by molar-refractivity contribution is -0.0865. The summed E-state index contributed by atoms with van der Waals surface area (Å²) in [6.45, 7) is 0.624. The van der Waals surface area contributed by atoms with Crippen LogP contribution in [0, 0.1) is 0 Å². The van der Waals surface area contributed by atoms with Crippen LogP contribution in [0.3, 0.4) is 0 Å². The minimum Gasteiger partial charge on any atom is -0.381 e. The number of benzene rings is 2. The molecule has 0 bridgehead atoms. The highest BCUT2D eigenvalue weighted by Crippen LogP contribution is 2.33. The Morgan fingerprint density at radius 3 is 2.57 bits per heavy atom. The summed E-state index contributed by atoms with van der Waals surface area (Å²) >= 11 is 3.49. The van der Waals surface area contributed by atoms with Crippen molar-refractivity contribution in [3.63, 3.8) is 0 Å². The largest absolute Gasteiger partial charge is 0.381 e. The van der Waals surface area contributed by atoms with Gasteiger partial charge in [-0.2, -0.15) is 0 Å². The molecule has 1 fully saturated rings. The van der Waals surface area contributed by atoms with Gasteiger partial charge in [0, 0.05) is 15.4 Å². The van der Waals surface area contributed by atoms with E-state index >= 15 is 0 Å². The highest BCUT2D eigenvalue weighted by atomic mass is 79.9. The van der Waals surface area contributed by atoms with Crippen LogP contribution in [0.4, 0.5) is 0 Å². The van der Waals surface area contributed by atoms with Gasteiger partial charge in [0.1, 0.15) is 11.3 Å². The molecular formula is C18H15BrN2O2. The maximum Gasteiger partial charge on any atom is 0.270 e. The van der Waals surface area contributed by atoms with Crippen LogP contribution in [0.15, 0.2) is 59.1 Å². The SMILES string of the molecule is O=C(c1cc2c(Br)cccc2[nH]1)N1CC(O)(c2ccccc2)C1. The van der Waals surface area contributed by atoms with E-state index in [1.54, 1.807) is 4.90 Å². The number of aromatic nitrogens is 1. The fourth-order valence-corrected chi connectivity index (χ4v) is 3.54. The molecule has 0 saturated carbocycles. The lowest BCUT2D eigenvalue weighted by Crippen LogP contribution is -2.61. The molecule has 2 aromatic carbocycles. The van der Waals surface area contributed by atoms with Gasteiger partial charge in [-0.1, -0.05) is 52.3 Å². The van der Waals surface area contributed by atoms with Crippen LogP contribution in [-0.2, 0) is 5.60 Å². The Morgan fingerprint density at radius 1 is 1.13 bits per heavy atom. The number of carbonyl (C=O) groups excluding carboxylic acids is 1. The molecule has 1 saturated heterocycles. The van der Waals surface area contributed by atoms with Crippen molar-refractivity contribution in [1.82, 2.24) is 9.88 Å². The van der Waals surface area contributed by atoms with E-state index in [2.05, 4.69) is 20.9 Å². The summed E-state index contributed by atoms with van der Waals surface area (Å²) in [5.41, 5.74) is 1.37. The van der Waals surface area contributed by atoms with Gasteiger partial charge in [0.2, 0.25) is 0 Å². The molecule has 116 valence electrons. The van der Waals surface area contributed by atoms with Crippen LogP contribution in [0.2, 0.25) is 0 Å². The zero-order chi connectivity index (χ0) is 16.0. The first kappa shape index (κ1) is 14.5. The fourth-order valence-electron chi connectivity index (χ4n) is 3.06. The number of β-amino-alcohol motifs (C(OH)–C–C–N with tert-alkyl or cyclic N) is 1. The summed E-state index contributed by atoms with van der Waals surface area (Å²) in [5.74, 6) is -0.0892. The number of amides is 1. The number of rotatable bonds is 2. The monoisotopic (exact) mass is 370 g/mol. The number of nitrogens with zero attached hydrogens (tertiary/aromatic N) is 1. The van der Waals surface area contributed by atoms with Crippen molar-refractivity contribution in [3.8, 4) is 0 Å². The predicted molar refractivity (Wildman–Crippen MR) is 92.2 cm³/mol. The van der Waals surface area contributed by atoms with Crippen molar-refractivity contribution in [3.05, 3.63) is 70.3 Å². The molecule has 4 rings (SSSR count). The average Bonchev–Trinajstić information content (AvgIpc) is 2.98. The smallest absolute Gasteiger partial charge is 0.270 e. The molecule has 0 radical (unpaired) electrons. The quantitative estimate of drug-likeness (QED) is 0.727. The van der Waals surface area contributed by atoms with Crippen molar-refractivity contribution in [2.75, 3.05) is 13.1 Å². The van der Waals surface area contributed by atoms with Crippen molar-refractivity contribution in [1.29, 1.82) is 0 Å². The number of fused-ring (bicyclic) bond motifs is 1. The maximum absolute atomic E-state index is 12.6. The average molecular weight is 371 g/mol. The minimum absolute atomic E-state index is 0.0892. The van der Waals surface area contributed by atoms with Gasteiger partial charge >= 0.3 is 0 Å². The second kappa shape index (κ2) is 5.22. The molecule has 5 heteroatoms. The van der Waals surface area contributed by atoms with E-state index in [4.69, 9.17) is 0 Å². The number of carbonyl (C=O) groups is 1. The third-order valence-electron chi connectivity index (χ3n) is 4.34. The van der Waals surface area contributed by atoms with E-state index in [0.29, 0.717) is 18.8 Å². The van der Waals surface area contributed by atoms with Gasteiger partial charge in [0.15, 0.2) is 0 Å². The summed E-state index contributed by atoms with van der Waals surface area (Å²) in [5, 5.41) is 11.6. The zero-order valence-corrected chi connectivity index (χ0v) is 13.9. The van der Waals surface area contributed by atoms with Crippen molar-refractivity contribution < 1.29 is 9.90 Å². The van der Waals surface area contributed by atoms with E-state index < -0.39 is 5.60 Å². The summed E-state index contributed by atoms with van der Waals surface area (Å²) < 4.78 is 0.953. The zero-order valence-electron chi connectivity index (χ0n) is 12.3. The van der Waals surface area contributed by atoms with E-state index in [1.165, 1.54) is 0 Å². The number of hydrogen-bond donors (Lipinski definition) is 2. The van der Waals surface area contributed by atoms with Gasteiger partial charge in [0.05, 0.1) is 13.1 Å². The number of hydrogen-bond acceptors (Lipinski definition) is 2. The molecule has 4 nitrogen and oxygen atoms in total. The Hall–Kier alpha value is -2.11. The van der Waals surface area contributed by atoms with Crippen LogP contribution < -0.4 is 0 Å². The Labute approximate surface area is 141 Å². The fraction of sp³-hybridized carbons (Fsp3) is 0.167. The lowest BCUT2D eigenvalue weighted by Gasteiger charge is -2.46. The lowest BCUT2D eigenvalue weighted by atomic mass is 9.86. The minimum atomic E-state index is -0.941. The first-order valence-corrected chi connectivity index (χ1v) is 8.20. The van der Waals surface area contributed by atoms with Crippen LogP contribution in [0.25, 0.3) is 10.9 Å².